The number of anilines is 1. The number of carbonyl (C=O) groups is 2. The van der Waals surface area contributed by atoms with Crippen LogP contribution in [0.2, 0.25) is 0 Å². The van der Waals surface area contributed by atoms with Gasteiger partial charge in [0, 0.05) is 17.2 Å². The van der Waals surface area contributed by atoms with Crippen LogP contribution in [0.3, 0.4) is 0 Å². The van der Waals surface area contributed by atoms with E-state index in [1.165, 1.54) is 7.11 Å². The monoisotopic (exact) mass is 425 g/mol. The van der Waals surface area contributed by atoms with Crippen LogP contribution in [0.15, 0.2) is 42.5 Å². The second-order valence-corrected chi connectivity index (χ2v) is 7.91. The first kappa shape index (κ1) is 23.5. The molecule has 0 aliphatic rings. The summed E-state index contributed by atoms with van der Waals surface area (Å²) >= 11 is 0. The highest BCUT2D eigenvalue weighted by molar-refractivity contribution is 5.99. The summed E-state index contributed by atoms with van der Waals surface area (Å²) in [4.78, 5) is 24.5. The Hall–Kier alpha value is -3.73. The maximum absolute atomic E-state index is 13.0. The van der Waals surface area contributed by atoms with Gasteiger partial charge in [0.1, 0.15) is 23.3 Å². The van der Waals surface area contributed by atoms with E-state index in [9.17, 15) is 9.59 Å². The molecule has 0 saturated carbocycles. The lowest BCUT2D eigenvalue weighted by Gasteiger charge is -2.41. The minimum atomic E-state index is -1.42. The van der Waals surface area contributed by atoms with Crippen molar-refractivity contribution in [1.82, 2.24) is 0 Å². The number of nitriles is 1. The van der Waals surface area contributed by atoms with Gasteiger partial charge in [-0.25, -0.2) is 4.79 Å². The average molecular weight is 425 g/mol. The first-order chi connectivity index (χ1) is 14.6. The molecule has 8 heteroatoms. The Kier molecular flexibility index (Phi) is 7.13. The summed E-state index contributed by atoms with van der Waals surface area (Å²) in [5.41, 5.74) is 4.04. The highest BCUT2D eigenvalue weighted by Gasteiger charge is 2.50. The number of hydrogen-bond acceptors (Lipinski definition) is 6. The largest absolute Gasteiger partial charge is 0.495 e. The topological polar surface area (TPSA) is 124 Å². The first-order valence-electron chi connectivity index (χ1n) is 9.72. The molecule has 0 fully saturated rings. The quantitative estimate of drug-likeness (QED) is 0.669. The molecule has 0 unspecified atom stereocenters. The van der Waals surface area contributed by atoms with Crippen molar-refractivity contribution in [3.63, 3.8) is 0 Å². The normalized spacial score (nSPS) is 12.8. The number of ether oxygens (including phenoxy) is 3. The van der Waals surface area contributed by atoms with E-state index in [0.717, 1.165) is 0 Å². The zero-order valence-corrected chi connectivity index (χ0v) is 18.3. The Labute approximate surface area is 181 Å². The van der Waals surface area contributed by atoms with Gasteiger partial charge in [-0.2, -0.15) is 5.26 Å². The molecule has 0 heterocycles. The SMILES string of the molecule is CC[C@](OC(N)=O)(C(=O)Nc1ccc(Oc2ccc(C#N)c(OC)c2)cc1)C(C)(C)C. The van der Waals surface area contributed by atoms with Crippen LogP contribution in [0, 0.1) is 16.7 Å². The van der Waals surface area contributed by atoms with E-state index in [2.05, 4.69) is 5.32 Å². The van der Waals surface area contributed by atoms with Crippen molar-refractivity contribution in [3.8, 4) is 23.3 Å². The third kappa shape index (κ3) is 5.25. The Morgan fingerprint density at radius 2 is 1.71 bits per heavy atom. The maximum Gasteiger partial charge on any atom is 0.405 e. The van der Waals surface area contributed by atoms with Gasteiger partial charge in [0.25, 0.3) is 5.91 Å². The minimum Gasteiger partial charge on any atom is -0.495 e. The highest BCUT2D eigenvalue weighted by atomic mass is 16.6. The molecule has 3 N–H and O–H groups in total. The lowest BCUT2D eigenvalue weighted by atomic mass is 9.73. The summed E-state index contributed by atoms with van der Waals surface area (Å²) in [5.74, 6) is 0.971. The summed E-state index contributed by atoms with van der Waals surface area (Å²) in [6.45, 7) is 7.18. The van der Waals surface area contributed by atoms with Crippen molar-refractivity contribution in [3.05, 3.63) is 48.0 Å². The lowest BCUT2D eigenvalue weighted by molar-refractivity contribution is -0.146. The molecule has 0 aliphatic heterocycles. The number of carbonyl (C=O) groups excluding carboxylic acids is 2. The number of nitrogens with one attached hydrogen (secondary N) is 1. The van der Waals surface area contributed by atoms with E-state index < -0.39 is 23.0 Å². The van der Waals surface area contributed by atoms with Crippen LogP contribution in [-0.4, -0.2) is 24.7 Å². The zero-order chi connectivity index (χ0) is 23.2. The van der Waals surface area contributed by atoms with Crippen molar-refractivity contribution in [1.29, 1.82) is 5.26 Å². The highest BCUT2D eigenvalue weighted by Crippen LogP contribution is 2.38. The molecule has 0 saturated heterocycles. The Morgan fingerprint density at radius 1 is 1.10 bits per heavy atom. The van der Waals surface area contributed by atoms with Crippen LogP contribution < -0.4 is 20.5 Å². The third-order valence-corrected chi connectivity index (χ3v) is 4.99. The number of hydrogen-bond donors (Lipinski definition) is 2. The van der Waals surface area contributed by atoms with Gasteiger partial charge in [0.05, 0.1) is 12.7 Å². The van der Waals surface area contributed by atoms with Crippen LogP contribution in [-0.2, 0) is 9.53 Å². The molecule has 164 valence electrons. The Bertz CT molecular complexity index is 990. The number of primary amides is 1. The summed E-state index contributed by atoms with van der Waals surface area (Å²) in [7, 11) is 1.48. The standard InChI is InChI=1S/C23H27N3O5/c1-6-23(22(2,3)4,31-21(25)28)20(27)26-16-8-11-17(12-9-16)30-18-10-7-15(14-24)19(13-18)29-5/h7-13H,6H2,1-5H3,(H2,25,28)(H,26,27)/t23-/m0/s1. The van der Waals surface area contributed by atoms with Crippen LogP contribution >= 0.6 is 0 Å². The molecule has 0 aromatic heterocycles. The van der Waals surface area contributed by atoms with E-state index in [0.29, 0.717) is 28.5 Å². The molecule has 8 nitrogen and oxygen atoms in total. The van der Waals surface area contributed by atoms with Gasteiger partial charge in [0.15, 0.2) is 5.60 Å². The van der Waals surface area contributed by atoms with Gasteiger partial charge in [-0.1, -0.05) is 27.7 Å². The average Bonchev–Trinajstić information content (AvgIpc) is 2.72. The molecule has 31 heavy (non-hydrogen) atoms. The minimum absolute atomic E-state index is 0.257. The van der Waals surface area contributed by atoms with E-state index in [1.807, 2.05) is 26.8 Å². The van der Waals surface area contributed by atoms with Gasteiger partial charge in [-0.05, 0) is 42.8 Å². The van der Waals surface area contributed by atoms with Crippen molar-refractivity contribution in [2.24, 2.45) is 11.1 Å². The molecular weight excluding hydrogens is 398 g/mol. The fourth-order valence-electron chi connectivity index (χ4n) is 3.28. The summed E-state index contributed by atoms with van der Waals surface area (Å²) < 4.78 is 16.3. The number of amides is 2. The van der Waals surface area contributed by atoms with Gasteiger partial charge < -0.3 is 25.3 Å². The predicted molar refractivity (Wildman–Crippen MR) is 116 cm³/mol. The van der Waals surface area contributed by atoms with Crippen molar-refractivity contribution in [2.45, 2.75) is 39.7 Å². The molecular formula is C23H27N3O5. The molecule has 2 amide bonds. The van der Waals surface area contributed by atoms with Crippen molar-refractivity contribution >= 4 is 17.7 Å². The Balaban J connectivity index is 2.19. The van der Waals surface area contributed by atoms with Crippen LogP contribution in [0.25, 0.3) is 0 Å². The molecule has 0 bridgehead atoms. The summed E-state index contributed by atoms with van der Waals surface area (Å²) in [5, 5.41) is 11.9. The second-order valence-electron chi connectivity index (χ2n) is 7.91. The molecule has 0 aliphatic carbocycles. The van der Waals surface area contributed by atoms with E-state index in [-0.39, 0.29) is 6.42 Å². The van der Waals surface area contributed by atoms with Gasteiger partial charge in [-0.3, -0.25) is 4.79 Å². The fourth-order valence-corrected chi connectivity index (χ4v) is 3.28. The van der Waals surface area contributed by atoms with Crippen molar-refractivity contribution in [2.75, 3.05) is 12.4 Å². The van der Waals surface area contributed by atoms with Crippen LogP contribution in [0.5, 0.6) is 17.2 Å². The van der Waals surface area contributed by atoms with Crippen molar-refractivity contribution < 1.29 is 23.8 Å². The van der Waals surface area contributed by atoms with Gasteiger partial charge >= 0.3 is 6.09 Å². The predicted octanol–water partition coefficient (Wildman–Crippen LogP) is 4.59. The number of nitrogens with two attached hydrogens (primary N) is 1. The van der Waals surface area contributed by atoms with Gasteiger partial charge in [0.2, 0.25) is 0 Å². The smallest absolute Gasteiger partial charge is 0.405 e. The van der Waals surface area contributed by atoms with Gasteiger partial charge in [-0.15, -0.1) is 0 Å². The van der Waals surface area contributed by atoms with Crippen LogP contribution in [0.1, 0.15) is 39.7 Å². The first-order valence-corrected chi connectivity index (χ1v) is 9.72. The lowest BCUT2D eigenvalue weighted by Crippen LogP contribution is -2.56. The molecule has 1 atom stereocenters. The zero-order valence-electron chi connectivity index (χ0n) is 18.3. The van der Waals surface area contributed by atoms with E-state index in [4.69, 9.17) is 25.2 Å². The molecule has 0 spiro atoms. The summed E-state index contributed by atoms with van der Waals surface area (Å²) in [6, 6.07) is 13.6. The molecule has 2 rings (SSSR count). The number of benzene rings is 2. The summed E-state index contributed by atoms with van der Waals surface area (Å²) in [6.07, 6.45) is -0.749. The molecule has 2 aromatic rings. The number of rotatable bonds is 7. The number of nitrogens with zero attached hydrogens (tertiary/aromatic N) is 1. The maximum atomic E-state index is 13.0. The second kappa shape index (κ2) is 9.39. The Morgan fingerprint density at radius 3 is 2.19 bits per heavy atom. The molecule has 0 radical (unpaired) electrons. The van der Waals surface area contributed by atoms with E-state index in [1.54, 1.807) is 49.4 Å². The van der Waals surface area contributed by atoms with Crippen LogP contribution in [0.4, 0.5) is 10.5 Å². The fraction of sp³-hybridized carbons (Fsp3) is 0.348. The number of methoxy groups -OCH3 is 1. The van der Waals surface area contributed by atoms with E-state index >= 15 is 0 Å². The molecule has 2 aromatic carbocycles. The third-order valence-electron chi connectivity index (χ3n) is 4.99.